The predicted molar refractivity (Wildman–Crippen MR) is 107 cm³/mol. The van der Waals surface area contributed by atoms with Crippen LogP contribution in [0.2, 0.25) is 0 Å². The average Bonchev–Trinajstić information content (AvgIpc) is 2.60. The fourth-order valence-corrected chi connectivity index (χ4v) is 3.50. The van der Waals surface area contributed by atoms with Gasteiger partial charge in [0.25, 0.3) is 5.91 Å². The van der Waals surface area contributed by atoms with E-state index in [0.29, 0.717) is 27.8 Å². The Morgan fingerprint density at radius 1 is 1.11 bits per heavy atom. The van der Waals surface area contributed by atoms with Crippen LogP contribution in [0.25, 0.3) is 10.8 Å². The number of nitrogens with zero attached hydrogens (tertiary/aromatic N) is 2. The van der Waals surface area contributed by atoms with Crippen molar-refractivity contribution in [3.05, 3.63) is 30.3 Å². The van der Waals surface area contributed by atoms with Gasteiger partial charge in [-0.3, -0.25) is 14.5 Å². The van der Waals surface area contributed by atoms with Gasteiger partial charge in [-0.1, -0.05) is 18.2 Å². The number of carbonyl (C=O) groups excluding carboxylic acids is 2. The zero-order valence-electron chi connectivity index (χ0n) is 16.1. The number of quaternary nitrogens is 1. The zero-order chi connectivity index (χ0) is 19.6. The molecule has 2 aromatic rings. The summed E-state index contributed by atoms with van der Waals surface area (Å²) >= 11 is 0. The van der Waals surface area contributed by atoms with E-state index in [1.54, 1.807) is 12.1 Å². The molecule has 3 rings (SSSR count). The van der Waals surface area contributed by atoms with Crippen LogP contribution in [0.3, 0.4) is 0 Å². The summed E-state index contributed by atoms with van der Waals surface area (Å²) in [4.78, 5) is 26.3. The summed E-state index contributed by atoms with van der Waals surface area (Å²) in [6, 6.07) is 8.92. The van der Waals surface area contributed by atoms with Crippen LogP contribution in [0.15, 0.2) is 30.3 Å². The average molecular weight is 371 g/mol. The van der Waals surface area contributed by atoms with Gasteiger partial charge in [0.1, 0.15) is 5.75 Å². The Bertz CT molecular complexity index is 873. The second kappa shape index (κ2) is 7.54. The molecule has 27 heavy (non-hydrogen) atoms. The largest absolute Gasteiger partial charge is 0.505 e. The van der Waals surface area contributed by atoms with Crippen LogP contribution in [-0.4, -0.2) is 73.1 Å². The number of amides is 2. The standard InChI is InChI=1S/C20H26N4O3/c1-14(25)21-17-8-7-15-5-4-6-16(19(15)20(17)27)22-18(26)13-24(3)11-9-23(2)10-12-24/h4-8H,9-13H2,1-3H3,(H2-,21,22,25,26,27)/p+1. The number of piperazine rings is 1. The minimum Gasteiger partial charge on any atom is -0.505 e. The second-order valence-corrected chi connectivity index (χ2v) is 7.62. The number of hydrogen-bond donors (Lipinski definition) is 3. The van der Waals surface area contributed by atoms with Crippen molar-refractivity contribution in [1.29, 1.82) is 0 Å². The third kappa shape index (κ3) is 4.37. The SMILES string of the molecule is CC(=O)Nc1ccc2cccc(NC(=O)C[N+]3(C)CCN(C)CC3)c2c1O. The molecule has 0 atom stereocenters. The molecule has 3 N–H and O–H groups in total. The monoisotopic (exact) mass is 371 g/mol. The summed E-state index contributed by atoms with van der Waals surface area (Å²) in [5, 5.41) is 17.5. The molecule has 0 aromatic heterocycles. The van der Waals surface area contributed by atoms with Gasteiger partial charge in [-0.05, 0) is 24.6 Å². The van der Waals surface area contributed by atoms with Crippen LogP contribution < -0.4 is 10.6 Å². The van der Waals surface area contributed by atoms with E-state index in [1.165, 1.54) is 6.92 Å². The van der Waals surface area contributed by atoms with E-state index < -0.39 is 0 Å². The summed E-state index contributed by atoms with van der Waals surface area (Å²) in [6.45, 7) is 5.57. The molecule has 1 fully saturated rings. The van der Waals surface area contributed by atoms with Crippen molar-refractivity contribution in [2.45, 2.75) is 6.92 Å². The zero-order valence-corrected chi connectivity index (χ0v) is 16.1. The van der Waals surface area contributed by atoms with Gasteiger partial charge in [0, 0.05) is 25.4 Å². The molecule has 1 aliphatic rings. The van der Waals surface area contributed by atoms with Gasteiger partial charge in [-0.25, -0.2) is 0 Å². The normalized spacial score (nSPS) is 16.9. The Balaban J connectivity index is 1.83. The Labute approximate surface area is 159 Å². The highest BCUT2D eigenvalue weighted by atomic mass is 16.3. The molecule has 7 heteroatoms. The lowest BCUT2D eigenvalue weighted by molar-refractivity contribution is -0.905. The lowest BCUT2D eigenvalue weighted by Gasteiger charge is -2.40. The molecule has 1 saturated heterocycles. The number of benzene rings is 2. The molecule has 0 spiro atoms. The number of phenolic OH excluding ortho intramolecular Hbond substituents is 1. The van der Waals surface area contributed by atoms with Gasteiger partial charge >= 0.3 is 0 Å². The molecule has 1 heterocycles. The molecule has 0 radical (unpaired) electrons. The van der Waals surface area contributed by atoms with Crippen molar-refractivity contribution in [1.82, 2.24) is 4.90 Å². The summed E-state index contributed by atoms with van der Waals surface area (Å²) in [7, 11) is 4.19. The maximum Gasteiger partial charge on any atom is 0.279 e. The van der Waals surface area contributed by atoms with Crippen molar-refractivity contribution < 1.29 is 19.2 Å². The van der Waals surface area contributed by atoms with Gasteiger partial charge < -0.3 is 20.2 Å². The van der Waals surface area contributed by atoms with Gasteiger partial charge in [0.2, 0.25) is 5.91 Å². The highest BCUT2D eigenvalue weighted by Crippen LogP contribution is 2.37. The number of phenols is 1. The highest BCUT2D eigenvalue weighted by Gasteiger charge is 2.30. The molecular weight excluding hydrogens is 344 g/mol. The fraction of sp³-hybridized carbons (Fsp3) is 0.400. The predicted octanol–water partition coefficient (Wildman–Crippen LogP) is 1.83. The molecule has 0 aliphatic carbocycles. The Hall–Kier alpha value is -2.64. The van der Waals surface area contributed by atoms with Crippen LogP contribution in [0.5, 0.6) is 5.75 Å². The van der Waals surface area contributed by atoms with Crippen LogP contribution in [0, 0.1) is 0 Å². The molecule has 2 amide bonds. The van der Waals surface area contributed by atoms with Gasteiger partial charge in [-0.2, -0.15) is 0 Å². The van der Waals surface area contributed by atoms with E-state index in [-0.39, 0.29) is 17.6 Å². The van der Waals surface area contributed by atoms with Crippen molar-refractivity contribution in [2.24, 2.45) is 0 Å². The molecule has 0 saturated carbocycles. The van der Waals surface area contributed by atoms with E-state index in [4.69, 9.17) is 0 Å². The quantitative estimate of drug-likeness (QED) is 0.566. The van der Waals surface area contributed by atoms with E-state index in [0.717, 1.165) is 31.6 Å². The van der Waals surface area contributed by atoms with Crippen molar-refractivity contribution in [3.63, 3.8) is 0 Å². The molecule has 144 valence electrons. The van der Waals surface area contributed by atoms with Gasteiger partial charge in [-0.15, -0.1) is 0 Å². The van der Waals surface area contributed by atoms with Crippen LogP contribution in [-0.2, 0) is 9.59 Å². The summed E-state index contributed by atoms with van der Waals surface area (Å²) < 4.78 is 0.698. The second-order valence-electron chi connectivity index (χ2n) is 7.62. The maximum atomic E-state index is 12.7. The van der Waals surface area contributed by atoms with E-state index in [9.17, 15) is 14.7 Å². The molecular formula is C20H27N4O3+. The van der Waals surface area contributed by atoms with Crippen molar-refractivity contribution in [2.75, 3.05) is 57.5 Å². The fourth-order valence-electron chi connectivity index (χ4n) is 3.50. The van der Waals surface area contributed by atoms with E-state index in [2.05, 4.69) is 29.6 Å². The summed E-state index contributed by atoms with van der Waals surface area (Å²) in [5.41, 5.74) is 0.873. The van der Waals surface area contributed by atoms with Crippen molar-refractivity contribution >= 4 is 34.0 Å². The lowest BCUT2D eigenvalue weighted by Crippen LogP contribution is -2.58. The Morgan fingerprint density at radius 2 is 1.81 bits per heavy atom. The Morgan fingerprint density at radius 3 is 2.48 bits per heavy atom. The van der Waals surface area contributed by atoms with Crippen molar-refractivity contribution in [3.8, 4) is 5.75 Å². The first-order chi connectivity index (χ1) is 12.8. The van der Waals surface area contributed by atoms with E-state index >= 15 is 0 Å². The molecule has 0 unspecified atom stereocenters. The number of fused-ring (bicyclic) bond motifs is 1. The van der Waals surface area contributed by atoms with Crippen LogP contribution in [0.1, 0.15) is 6.92 Å². The number of hydrogen-bond acceptors (Lipinski definition) is 4. The van der Waals surface area contributed by atoms with Gasteiger partial charge in [0.05, 0.1) is 31.5 Å². The Kier molecular flexibility index (Phi) is 5.34. The first kappa shape index (κ1) is 19.1. The van der Waals surface area contributed by atoms with E-state index in [1.807, 2.05) is 18.2 Å². The molecule has 1 aliphatic heterocycles. The van der Waals surface area contributed by atoms with Crippen LogP contribution >= 0.6 is 0 Å². The molecule has 2 aromatic carbocycles. The first-order valence-corrected chi connectivity index (χ1v) is 9.12. The smallest absolute Gasteiger partial charge is 0.279 e. The number of aromatic hydroxyl groups is 1. The third-order valence-electron chi connectivity index (χ3n) is 5.17. The summed E-state index contributed by atoms with van der Waals surface area (Å²) in [5.74, 6) is -0.392. The number of carbonyl (C=O) groups is 2. The van der Waals surface area contributed by atoms with Crippen LogP contribution in [0.4, 0.5) is 11.4 Å². The number of anilines is 2. The van der Waals surface area contributed by atoms with Gasteiger partial charge in [0.15, 0.2) is 6.54 Å². The minimum atomic E-state index is -0.265. The maximum absolute atomic E-state index is 12.7. The first-order valence-electron chi connectivity index (χ1n) is 9.12. The number of rotatable bonds is 4. The molecule has 0 bridgehead atoms. The topological polar surface area (TPSA) is 81.7 Å². The molecule has 7 nitrogen and oxygen atoms in total. The third-order valence-corrected chi connectivity index (χ3v) is 5.17. The summed E-state index contributed by atoms with van der Waals surface area (Å²) in [6.07, 6.45) is 0. The highest BCUT2D eigenvalue weighted by molar-refractivity contribution is 6.08. The number of nitrogens with one attached hydrogen (secondary N) is 2. The number of likely N-dealkylation sites (N-methyl/N-ethyl adjacent to an activating group) is 2. The lowest BCUT2D eigenvalue weighted by atomic mass is 10.1. The minimum absolute atomic E-state index is 0.0430.